The Morgan fingerprint density at radius 3 is 2.54 bits per heavy atom. The molecular formula is C26H29N3O6S2. The van der Waals surface area contributed by atoms with Crippen LogP contribution < -0.4 is 10.1 Å². The third-order valence-electron chi connectivity index (χ3n) is 6.43. The Hall–Kier alpha value is -3.31. The number of benzene rings is 1. The summed E-state index contributed by atoms with van der Waals surface area (Å²) < 4.78 is 34.2. The number of thiazole rings is 1. The molecule has 11 heteroatoms. The third kappa shape index (κ3) is 7.14. The van der Waals surface area contributed by atoms with Gasteiger partial charge in [0.15, 0.2) is 15.0 Å². The number of sulfone groups is 1. The average molecular weight is 544 g/mol. The molecular weight excluding hydrogens is 514 g/mol. The fourth-order valence-corrected chi connectivity index (χ4v) is 5.80. The Labute approximate surface area is 220 Å². The number of carbonyl (C=O) groups excluding carboxylic acids is 2. The van der Waals surface area contributed by atoms with Crippen molar-refractivity contribution in [1.29, 1.82) is 0 Å². The van der Waals surface area contributed by atoms with Gasteiger partial charge < -0.3 is 14.8 Å². The molecule has 1 fully saturated rings. The summed E-state index contributed by atoms with van der Waals surface area (Å²) in [7, 11) is -2.04. The van der Waals surface area contributed by atoms with Gasteiger partial charge in [-0.05, 0) is 42.5 Å². The molecule has 4 rings (SSSR count). The van der Waals surface area contributed by atoms with Gasteiger partial charge in [0.1, 0.15) is 5.75 Å². The lowest BCUT2D eigenvalue weighted by molar-refractivity contribution is -0.117. The zero-order valence-electron chi connectivity index (χ0n) is 20.7. The normalized spacial score (nSPS) is 14.8. The molecule has 1 atom stereocenters. The van der Waals surface area contributed by atoms with E-state index in [0.717, 1.165) is 29.6 Å². The molecule has 1 aromatic carbocycles. The van der Waals surface area contributed by atoms with Crippen molar-refractivity contribution in [1.82, 2.24) is 9.97 Å². The van der Waals surface area contributed by atoms with Crippen LogP contribution in [0.5, 0.6) is 10.8 Å². The molecule has 196 valence electrons. The minimum Gasteiger partial charge on any atom is -0.465 e. The van der Waals surface area contributed by atoms with Gasteiger partial charge in [0.2, 0.25) is 11.0 Å². The van der Waals surface area contributed by atoms with E-state index >= 15 is 0 Å². The highest BCUT2D eigenvalue weighted by Gasteiger charge is 2.25. The van der Waals surface area contributed by atoms with E-state index in [4.69, 9.17) is 9.47 Å². The molecule has 0 bridgehead atoms. The van der Waals surface area contributed by atoms with Gasteiger partial charge in [0, 0.05) is 12.5 Å². The first-order valence-electron chi connectivity index (χ1n) is 12.0. The molecule has 1 saturated carbocycles. The third-order valence-corrected chi connectivity index (χ3v) is 8.35. The van der Waals surface area contributed by atoms with E-state index in [-0.39, 0.29) is 16.4 Å². The number of amides is 1. The summed E-state index contributed by atoms with van der Waals surface area (Å²) in [6, 6.07) is 8.04. The number of aromatic nitrogens is 2. The van der Waals surface area contributed by atoms with Gasteiger partial charge in [0.05, 0.1) is 35.9 Å². The summed E-state index contributed by atoms with van der Waals surface area (Å²) in [6.45, 7) is 0. The van der Waals surface area contributed by atoms with Crippen molar-refractivity contribution in [2.45, 2.75) is 49.3 Å². The molecule has 0 aliphatic heterocycles. The Balaban J connectivity index is 1.47. The van der Waals surface area contributed by atoms with Crippen LogP contribution in [-0.4, -0.2) is 43.6 Å². The SMILES string of the molecule is COC(=O)c1cncc(Oc2cnc(NC(=O)[C@H](CCC3CCCC3)c3ccc(S(C)(=O)=O)cc3)s2)c1. The van der Waals surface area contributed by atoms with Crippen LogP contribution in [0.25, 0.3) is 0 Å². The molecule has 1 amide bonds. The smallest absolute Gasteiger partial charge is 0.339 e. The number of nitrogens with zero attached hydrogens (tertiary/aromatic N) is 2. The fraction of sp³-hybridized carbons (Fsp3) is 0.385. The van der Waals surface area contributed by atoms with Crippen molar-refractivity contribution < 1.29 is 27.5 Å². The van der Waals surface area contributed by atoms with Crippen LogP contribution in [0.1, 0.15) is 60.4 Å². The van der Waals surface area contributed by atoms with E-state index in [1.165, 1.54) is 57.4 Å². The molecule has 37 heavy (non-hydrogen) atoms. The summed E-state index contributed by atoms with van der Waals surface area (Å²) in [5, 5.41) is 3.67. The predicted octanol–water partition coefficient (Wildman–Crippen LogP) is 5.21. The van der Waals surface area contributed by atoms with E-state index in [9.17, 15) is 18.0 Å². The molecule has 3 aromatic rings. The lowest BCUT2D eigenvalue weighted by atomic mass is 9.89. The number of carbonyl (C=O) groups is 2. The van der Waals surface area contributed by atoms with Gasteiger partial charge in [0.25, 0.3) is 0 Å². The van der Waals surface area contributed by atoms with Gasteiger partial charge in [-0.25, -0.2) is 18.2 Å². The molecule has 1 N–H and O–H groups in total. The van der Waals surface area contributed by atoms with Gasteiger partial charge in [-0.2, -0.15) is 0 Å². The molecule has 9 nitrogen and oxygen atoms in total. The molecule has 0 saturated heterocycles. The van der Waals surface area contributed by atoms with Crippen molar-refractivity contribution in [3.05, 3.63) is 60.0 Å². The van der Waals surface area contributed by atoms with E-state index < -0.39 is 21.7 Å². The van der Waals surface area contributed by atoms with Crippen molar-refractivity contribution in [2.75, 3.05) is 18.7 Å². The zero-order valence-corrected chi connectivity index (χ0v) is 22.3. The van der Waals surface area contributed by atoms with Crippen LogP contribution in [-0.2, 0) is 19.4 Å². The first-order chi connectivity index (χ1) is 17.7. The van der Waals surface area contributed by atoms with E-state index in [1.54, 1.807) is 24.3 Å². The summed E-state index contributed by atoms with van der Waals surface area (Å²) in [5.41, 5.74) is 1.02. The predicted molar refractivity (Wildman–Crippen MR) is 140 cm³/mol. The van der Waals surface area contributed by atoms with Crippen LogP contribution in [0.15, 0.2) is 53.8 Å². The van der Waals surface area contributed by atoms with E-state index in [1.807, 2.05) is 0 Å². The van der Waals surface area contributed by atoms with Gasteiger partial charge >= 0.3 is 5.97 Å². The number of hydrogen-bond donors (Lipinski definition) is 1. The maximum Gasteiger partial charge on any atom is 0.339 e. The topological polar surface area (TPSA) is 125 Å². The van der Waals surface area contributed by atoms with E-state index in [2.05, 4.69) is 15.3 Å². The molecule has 0 radical (unpaired) electrons. The van der Waals surface area contributed by atoms with Crippen molar-refractivity contribution >= 4 is 38.2 Å². The van der Waals surface area contributed by atoms with Gasteiger partial charge in [-0.15, -0.1) is 0 Å². The van der Waals surface area contributed by atoms with Crippen molar-refractivity contribution in [2.24, 2.45) is 5.92 Å². The number of methoxy groups -OCH3 is 1. The highest BCUT2D eigenvalue weighted by Crippen LogP contribution is 2.35. The van der Waals surface area contributed by atoms with Crippen LogP contribution >= 0.6 is 11.3 Å². The summed E-state index contributed by atoms with van der Waals surface area (Å²) >= 11 is 1.15. The Morgan fingerprint density at radius 1 is 1.14 bits per heavy atom. The lowest BCUT2D eigenvalue weighted by Crippen LogP contribution is -2.22. The maximum absolute atomic E-state index is 13.4. The second kappa shape index (κ2) is 11.8. The van der Waals surface area contributed by atoms with Crippen LogP contribution in [0.4, 0.5) is 5.13 Å². The lowest BCUT2D eigenvalue weighted by Gasteiger charge is -2.19. The average Bonchev–Trinajstić information content (AvgIpc) is 3.56. The van der Waals surface area contributed by atoms with Crippen molar-refractivity contribution in [3.63, 3.8) is 0 Å². The largest absolute Gasteiger partial charge is 0.465 e. The molecule has 0 spiro atoms. The fourth-order valence-electron chi connectivity index (χ4n) is 4.47. The summed E-state index contributed by atoms with van der Waals surface area (Å²) in [4.78, 5) is 33.5. The number of nitrogens with one attached hydrogen (secondary N) is 1. The first-order valence-corrected chi connectivity index (χ1v) is 14.7. The number of anilines is 1. The van der Waals surface area contributed by atoms with Gasteiger partial charge in [-0.3, -0.25) is 9.78 Å². The zero-order chi connectivity index (χ0) is 26.4. The Morgan fingerprint density at radius 2 is 1.86 bits per heavy atom. The second-order valence-corrected chi connectivity index (χ2v) is 12.1. The standard InChI is InChI=1S/C26H29N3O6S2/c1-34-25(31)19-13-20(15-27-14-19)35-23-16-28-26(36-23)29-24(30)22(12-7-17-5-3-4-6-17)18-8-10-21(11-9-18)37(2,32)33/h8-11,13-17,22H,3-7,12H2,1-2H3,(H,28,29,30)/t22-/m1/s1. The highest BCUT2D eigenvalue weighted by molar-refractivity contribution is 7.90. The monoisotopic (exact) mass is 543 g/mol. The molecule has 0 unspecified atom stereocenters. The number of hydrogen-bond acceptors (Lipinski definition) is 9. The quantitative estimate of drug-likeness (QED) is 0.346. The summed E-state index contributed by atoms with van der Waals surface area (Å²) in [6.07, 6.45) is 11.9. The Kier molecular flexibility index (Phi) is 8.55. The van der Waals surface area contributed by atoms with Crippen LogP contribution in [0.2, 0.25) is 0 Å². The highest BCUT2D eigenvalue weighted by atomic mass is 32.2. The molecule has 2 aromatic heterocycles. The number of rotatable bonds is 10. The number of pyridine rings is 1. The number of esters is 1. The minimum atomic E-state index is -3.32. The summed E-state index contributed by atoms with van der Waals surface area (Å²) in [5.74, 6) is -0.225. The van der Waals surface area contributed by atoms with Crippen LogP contribution in [0, 0.1) is 5.92 Å². The maximum atomic E-state index is 13.4. The number of ether oxygens (including phenoxy) is 2. The second-order valence-electron chi connectivity index (χ2n) is 9.10. The van der Waals surface area contributed by atoms with Crippen molar-refractivity contribution in [3.8, 4) is 10.8 Å². The van der Waals surface area contributed by atoms with Crippen LogP contribution in [0.3, 0.4) is 0 Å². The Bertz CT molecular complexity index is 1350. The molecule has 1 aliphatic rings. The van der Waals surface area contributed by atoms with Gasteiger partial charge in [-0.1, -0.05) is 49.2 Å². The molecule has 2 heterocycles. The molecule has 1 aliphatic carbocycles. The minimum absolute atomic E-state index is 0.208. The first kappa shape index (κ1) is 26.7. The van der Waals surface area contributed by atoms with E-state index in [0.29, 0.717) is 28.3 Å².